The lowest BCUT2D eigenvalue weighted by atomic mass is 10.4. The molecule has 1 aliphatic rings. The summed E-state index contributed by atoms with van der Waals surface area (Å²) in [6.45, 7) is 1.91. The van der Waals surface area contributed by atoms with E-state index in [9.17, 15) is 10.1 Å². The smallest absolute Gasteiger partial charge is 0.236 e. The molecule has 2 rings (SSSR count). The van der Waals surface area contributed by atoms with E-state index < -0.39 is 4.92 Å². The third-order valence-corrected chi connectivity index (χ3v) is 1.95. The van der Waals surface area contributed by atoms with E-state index in [1.165, 1.54) is 6.08 Å². The van der Waals surface area contributed by atoms with E-state index in [1.807, 2.05) is 4.57 Å². The average Bonchev–Trinajstić information content (AvgIpc) is 2.57. The molecule has 0 aliphatic carbocycles. The van der Waals surface area contributed by atoms with Crippen LogP contribution in [0.5, 0.6) is 0 Å². The van der Waals surface area contributed by atoms with Gasteiger partial charge in [-0.3, -0.25) is 10.1 Å². The fourth-order valence-corrected chi connectivity index (χ4v) is 1.33. The summed E-state index contributed by atoms with van der Waals surface area (Å²) in [5, 5.41) is 10.1. The Morgan fingerprint density at radius 2 is 2.57 bits per heavy atom. The summed E-state index contributed by atoms with van der Waals surface area (Å²) in [7, 11) is 0. The highest BCUT2D eigenvalue weighted by molar-refractivity contribution is 5.42. The van der Waals surface area contributed by atoms with Gasteiger partial charge >= 0.3 is 0 Å². The second kappa shape index (κ2) is 3.59. The van der Waals surface area contributed by atoms with Crippen LogP contribution in [0.15, 0.2) is 12.4 Å². The van der Waals surface area contributed by atoms with Crippen molar-refractivity contribution in [2.45, 2.75) is 13.2 Å². The molecule has 0 saturated carbocycles. The Kier molecular flexibility index (Phi) is 2.28. The molecule has 1 aliphatic heterocycles. The van der Waals surface area contributed by atoms with Crippen molar-refractivity contribution >= 4 is 6.08 Å². The lowest BCUT2D eigenvalue weighted by molar-refractivity contribution is -0.401. The predicted octanol–water partition coefficient (Wildman–Crippen LogP) is 0.661. The van der Waals surface area contributed by atoms with Gasteiger partial charge in [-0.05, 0) is 0 Å². The predicted molar refractivity (Wildman–Crippen MR) is 47.9 cm³/mol. The van der Waals surface area contributed by atoms with E-state index in [2.05, 4.69) is 4.98 Å². The van der Waals surface area contributed by atoms with Gasteiger partial charge in [0.05, 0.1) is 17.2 Å². The van der Waals surface area contributed by atoms with Crippen LogP contribution in [0.4, 0.5) is 0 Å². The van der Waals surface area contributed by atoms with Crippen LogP contribution in [0.3, 0.4) is 0 Å². The molecule has 0 aromatic carbocycles. The Balaban J connectivity index is 2.20. The van der Waals surface area contributed by atoms with Crippen molar-refractivity contribution in [1.82, 2.24) is 9.55 Å². The zero-order valence-corrected chi connectivity index (χ0v) is 7.42. The number of aromatic nitrogens is 2. The summed E-state index contributed by atoms with van der Waals surface area (Å²) in [6, 6.07) is 0. The molecule has 0 radical (unpaired) electrons. The number of rotatable bonds is 2. The third kappa shape index (κ3) is 1.80. The minimum absolute atomic E-state index is 0.478. The van der Waals surface area contributed by atoms with Crippen molar-refractivity contribution < 1.29 is 9.66 Å². The first-order valence-corrected chi connectivity index (χ1v) is 4.21. The molecule has 74 valence electrons. The maximum Gasteiger partial charge on any atom is 0.236 e. The lowest BCUT2D eigenvalue weighted by Crippen LogP contribution is -2.15. The largest absolute Gasteiger partial charge is 0.372 e. The van der Waals surface area contributed by atoms with Crippen molar-refractivity contribution in [2.24, 2.45) is 0 Å². The molecular formula is C8H9N3O3. The lowest BCUT2D eigenvalue weighted by Gasteiger charge is -2.13. The number of hydrogen-bond acceptors (Lipinski definition) is 4. The molecule has 0 atom stereocenters. The number of nitro groups is 1. The fourth-order valence-electron chi connectivity index (χ4n) is 1.33. The van der Waals surface area contributed by atoms with E-state index in [4.69, 9.17) is 4.74 Å². The van der Waals surface area contributed by atoms with Crippen LogP contribution in [0.25, 0.3) is 6.08 Å². The molecule has 1 aromatic rings. The molecule has 0 amide bonds. The van der Waals surface area contributed by atoms with Crippen LogP contribution >= 0.6 is 0 Å². The molecule has 0 spiro atoms. The van der Waals surface area contributed by atoms with Crippen LogP contribution < -0.4 is 0 Å². The first-order valence-electron chi connectivity index (χ1n) is 4.21. The van der Waals surface area contributed by atoms with Gasteiger partial charge in [0.25, 0.3) is 0 Å². The maximum atomic E-state index is 10.1. The van der Waals surface area contributed by atoms with E-state index in [-0.39, 0.29) is 0 Å². The van der Waals surface area contributed by atoms with Crippen molar-refractivity contribution in [1.29, 1.82) is 0 Å². The molecule has 0 bridgehead atoms. The van der Waals surface area contributed by atoms with E-state index in [0.717, 1.165) is 18.6 Å². The minimum Gasteiger partial charge on any atom is -0.372 e. The van der Waals surface area contributed by atoms with Crippen LogP contribution in [-0.2, 0) is 17.9 Å². The molecule has 0 saturated heterocycles. The number of hydrogen-bond donors (Lipinski definition) is 0. The molecule has 6 heteroatoms. The van der Waals surface area contributed by atoms with Crippen molar-refractivity contribution in [3.8, 4) is 0 Å². The first kappa shape index (κ1) is 8.89. The average molecular weight is 195 g/mol. The standard InChI is InChI=1S/C8H9N3O3/c12-11(13)2-1-7-5-10-3-4-14-6-8(10)9-7/h1-2,5H,3-4,6H2/b2-1+. The Bertz CT molecular complexity index is 360. The quantitative estimate of drug-likeness (QED) is 0.513. The van der Waals surface area contributed by atoms with Crippen molar-refractivity contribution in [3.63, 3.8) is 0 Å². The molecule has 0 unspecified atom stereocenters. The van der Waals surface area contributed by atoms with Gasteiger partial charge in [0.2, 0.25) is 6.20 Å². The van der Waals surface area contributed by atoms with Crippen LogP contribution in [0, 0.1) is 10.1 Å². The maximum absolute atomic E-state index is 10.1. The zero-order valence-electron chi connectivity index (χ0n) is 7.42. The van der Waals surface area contributed by atoms with E-state index in [0.29, 0.717) is 18.9 Å². The fraction of sp³-hybridized carbons (Fsp3) is 0.375. The Hall–Kier alpha value is -1.69. The molecule has 14 heavy (non-hydrogen) atoms. The number of nitrogens with zero attached hydrogens (tertiary/aromatic N) is 3. The van der Waals surface area contributed by atoms with Gasteiger partial charge in [0, 0.05) is 18.8 Å². The summed E-state index contributed by atoms with van der Waals surface area (Å²) in [6.07, 6.45) is 4.05. The normalized spacial score (nSPS) is 15.7. The van der Waals surface area contributed by atoms with Gasteiger partial charge < -0.3 is 9.30 Å². The molecule has 6 nitrogen and oxygen atoms in total. The monoisotopic (exact) mass is 195 g/mol. The van der Waals surface area contributed by atoms with Gasteiger partial charge in [0.1, 0.15) is 12.4 Å². The highest BCUT2D eigenvalue weighted by Gasteiger charge is 2.11. The number of imidazole rings is 1. The highest BCUT2D eigenvalue weighted by atomic mass is 16.6. The van der Waals surface area contributed by atoms with Gasteiger partial charge in [0.15, 0.2) is 0 Å². The Morgan fingerprint density at radius 1 is 1.71 bits per heavy atom. The summed E-state index contributed by atoms with van der Waals surface area (Å²) >= 11 is 0. The minimum atomic E-state index is -0.505. The highest BCUT2D eigenvalue weighted by Crippen LogP contribution is 2.10. The second-order valence-electron chi connectivity index (χ2n) is 2.93. The Labute approximate surface area is 80.0 Å². The van der Waals surface area contributed by atoms with E-state index in [1.54, 1.807) is 6.20 Å². The van der Waals surface area contributed by atoms with Gasteiger partial charge in [-0.2, -0.15) is 0 Å². The third-order valence-electron chi connectivity index (χ3n) is 1.95. The Morgan fingerprint density at radius 3 is 3.29 bits per heavy atom. The van der Waals surface area contributed by atoms with Crippen LogP contribution in [0.1, 0.15) is 11.5 Å². The number of ether oxygens (including phenoxy) is 1. The summed E-state index contributed by atoms with van der Waals surface area (Å²) in [4.78, 5) is 13.7. The summed E-state index contributed by atoms with van der Waals surface area (Å²) < 4.78 is 7.14. The second-order valence-corrected chi connectivity index (χ2v) is 2.93. The topological polar surface area (TPSA) is 70.2 Å². The van der Waals surface area contributed by atoms with Crippen LogP contribution in [-0.4, -0.2) is 21.1 Å². The van der Waals surface area contributed by atoms with Gasteiger partial charge in [-0.25, -0.2) is 4.98 Å². The molecule has 1 aromatic heterocycles. The zero-order chi connectivity index (χ0) is 9.97. The molecule has 0 fully saturated rings. The SMILES string of the molecule is O=[N+]([O-])/C=C/c1cn2c(n1)COCC2. The van der Waals surface area contributed by atoms with E-state index >= 15 is 0 Å². The van der Waals surface area contributed by atoms with Crippen molar-refractivity contribution in [3.05, 3.63) is 34.0 Å². The molecule has 2 heterocycles. The molecule has 0 N–H and O–H groups in total. The van der Waals surface area contributed by atoms with Gasteiger partial charge in [-0.1, -0.05) is 0 Å². The number of fused-ring (bicyclic) bond motifs is 1. The van der Waals surface area contributed by atoms with Gasteiger partial charge in [-0.15, -0.1) is 0 Å². The van der Waals surface area contributed by atoms with Crippen LogP contribution in [0.2, 0.25) is 0 Å². The first-order chi connectivity index (χ1) is 6.75. The van der Waals surface area contributed by atoms with Crippen molar-refractivity contribution in [2.75, 3.05) is 6.61 Å². The summed E-state index contributed by atoms with van der Waals surface area (Å²) in [5.74, 6) is 0.819. The molecular weight excluding hydrogens is 186 g/mol. The summed E-state index contributed by atoms with van der Waals surface area (Å²) in [5.41, 5.74) is 0.599.